The summed E-state index contributed by atoms with van der Waals surface area (Å²) in [7, 11) is 0. The number of aromatic nitrogens is 2. The summed E-state index contributed by atoms with van der Waals surface area (Å²) < 4.78 is 15.2. The molecule has 0 bridgehead atoms. The van der Waals surface area contributed by atoms with Crippen LogP contribution in [0.2, 0.25) is 0 Å². The van der Waals surface area contributed by atoms with Gasteiger partial charge in [0.25, 0.3) is 0 Å². The molecule has 2 aromatic carbocycles. The van der Waals surface area contributed by atoms with Crippen LogP contribution >= 0.6 is 0 Å². The first-order valence-electron chi connectivity index (χ1n) is 7.16. The number of halogens is 1. The quantitative estimate of drug-likeness (QED) is 0.801. The summed E-state index contributed by atoms with van der Waals surface area (Å²) in [5.41, 5.74) is 2.73. The van der Waals surface area contributed by atoms with Gasteiger partial charge < -0.3 is 9.67 Å². The van der Waals surface area contributed by atoms with E-state index in [4.69, 9.17) is 5.11 Å². The number of hydrogen-bond acceptors (Lipinski definition) is 2. The molecular formula is C18H15FN2O2. The number of carboxylic acids is 1. The standard InChI is InChI=1S/C18H15FN2O2/c1-12-9-13(7-8-15(12)19)16-11-21(14-5-3-2-4-6-14)17(20-16)10-18(22)23/h2-9,11H,10H2,1H3,(H,22,23). The van der Waals surface area contributed by atoms with Gasteiger partial charge in [0.05, 0.1) is 5.69 Å². The molecule has 1 heterocycles. The first-order valence-corrected chi connectivity index (χ1v) is 7.16. The Hall–Kier alpha value is -2.95. The summed E-state index contributed by atoms with van der Waals surface area (Å²) in [5, 5.41) is 9.10. The second kappa shape index (κ2) is 6.04. The van der Waals surface area contributed by atoms with Crippen molar-refractivity contribution in [1.29, 1.82) is 0 Å². The van der Waals surface area contributed by atoms with Gasteiger partial charge in [-0.3, -0.25) is 4.79 Å². The van der Waals surface area contributed by atoms with Crippen molar-refractivity contribution in [2.75, 3.05) is 0 Å². The molecule has 0 fully saturated rings. The van der Waals surface area contributed by atoms with Crippen LogP contribution in [-0.4, -0.2) is 20.6 Å². The maximum atomic E-state index is 13.4. The lowest BCUT2D eigenvalue weighted by Gasteiger charge is -2.05. The van der Waals surface area contributed by atoms with E-state index in [0.717, 1.165) is 11.3 Å². The number of aryl methyl sites for hydroxylation is 1. The second-order valence-electron chi connectivity index (χ2n) is 5.28. The van der Waals surface area contributed by atoms with Crippen molar-refractivity contribution in [3.8, 4) is 16.9 Å². The van der Waals surface area contributed by atoms with Crippen LogP contribution in [0, 0.1) is 12.7 Å². The Balaban J connectivity index is 2.10. The van der Waals surface area contributed by atoms with E-state index in [2.05, 4.69) is 4.98 Å². The molecule has 0 aliphatic carbocycles. The van der Waals surface area contributed by atoms with E-state index < -0.39 is 5.97 Å². The highest BCUT2D eigenvalue weighted by atomic mass is 19.1. The number of hydrogen-bond donors (Lipinski definition) is 1. The van der Waals surface area contributed by atoms with E-state index in [-0.39, 0.29) is 12.2 Å². The first kappa shape index (κ1) is 15.0. The molecule has 0 aliphatic rings. The van der Waals surface area contributed by atoms with Gasteiger partial charge in [-0.1, -0.05) is 18.2 Å². The molecule has 0 amide bonds. The minimum atomic E-state index is -0.949. The Morgan fingerprint density at radius 3 is 2.61 bits per heavy atom. The van der Waals surface area contributed by atoms with Gasteiger partial charge in [-0.25, -0.2) is 9.37 Å². The van der Waals surface area contributed by atoms with E-state index in [0.29, 0.717) is 17.1 Å². The number of carboxylic acid groups (broad SMARTS) is 1. The smallest absolute Gasteiger partial charge is 0.311 e. The lowest BCUT2D eigenvalue weighted by molar-refractivity contribution is -0.136. The van der Waals surface area contributed by atoms with Crippen LogP contribution in [0.3, 0.4) is 0 Å². The van der Waals surface area contributed by atoms with Gasteiger partial charge >= 0.3 is 5.97 Å². The zero-order chi connectivity index (χ0) is 16.4. The summed E-state index contributed by atoms with van der Waals surface area (Å²) in [6, 6.07) is 14.1. The van der Waals surface area contributed by atoms with Gasteiger partial charge in [0.15, 0.2) is 0 Å². The number of rotatable bonds is 4. The van der Waals surface area contributed by atoms with Crippen LogP contribution in [0.4, 0.5) is 4.39 Å². The molecular weight excluding hydrogens is 295 g/mol. The molecule has 0 saturated heterocycles. The second-order valence-corrected chi connectivity index (χ2v) is 5.28. The van der Waals surface area contributed by atoms with E-state index in [1.54, 1.807) is 29.8 Å². The third kappa shape index (κ3) is 3.13. The van der Waals surface area contributed by atoms with Crippen LogP contribution in [0.15, 0.2) is 54.7 Å². The molecule has 0 spiro atoms. The molecule has 0 saturated carbocycles. The lowest BCUT2D eigenvalue weighted by Crippen LogP contribution is -2.07. The Morgan fingerprint density at radius 1 is 1.22 bits per heavy atom. The van der Waals surface area contributed by atoms with Crippen molar-refractivity contribution >= 4 is 5.97 Å². The molecule has 0 radical (unpaired) electrons. The van der Waals surface area contributed by atoms with Crippen molar-refractivity contribution in [3.63, 3.8) is 0 Å². The fraction of sp³-hybridized carbons (Fsp3) is 0.111. The third-order valence-corrected chi connectivity index (χ3v) is 3.58. The Morgan fingerprint density at radius 2 is 1.96 bits per heavy atom. The maximum absolute atomic E-state index is 13.4. The fourth-order valence-corrected chi connectivity index (χ4v) is 2.43. The van der Waals surface area contributed by atoms with E-state index in [1.165, 1.54) is 6.07 Å². The predicted molar refractivity (Wildman–Crippen MR) is 85.0 cm³/mol. The van der Waals surface area contributed by atoms with Gasteiger partial charge in [0.2, 0.25) is 0 Å². The molecule has 0 aliphatic heterocycles. The highest BCUT2D eigenvalue weighted by molar-refractivity contribution is 5.70. The molecule has 0 unspecified atom stereocenters. The molecule has 23 heavy (non-hydrogen) atoms. The number of imidazole rings is 1. The van der Waals surface area contributed by atoms with Crippen molar-refractivity contribution in [2.24, 2.45) is 0 Å². The largest absolute Gasteiger partial charge is 0.481 e. The average molecular weight is 310 g/mol. The Bertz CT molecular complexity index is 857. The molecule has 1 aromatic heterocycles. The van der Waals surface area contributed by atoms with Crippen molar-refractivity contribution < 1.29 is 14.3 Å². The lowest BCUT2D eigenvalue weighted by atomic mass is 10.1. The van der Waals surface area contributed by atoms with Gasteiger partial charge in [0, 0.05) is 17.4 Å². The minimum Gasteiger partial charge on any atom is -0.481 e. The molecule has 4 nitrogen and oxygen atoms in total. The van der Waals surface area contributed by atoms with Crippen LogP contribution in [0.25, 0.3) is 16.9 Å². The van der Waals surface area contributed by atoms with Crippen LogP contribution in [-0.2, 0) is 11.2 Å². The molecule has 5 heteroatoms. The number of para-hydroxylation sites is 1. The summed E-state index contributed by atoms with van der Waals surface area (Å²) in [5.74, 6) is -0.794. The third-order valence-electron chi connectivity index (χ3n) is 3.58. The molecule has 1 N–H and O–H groups in total. The Labute approximate surface area is 132 Å². The zero-order valence-corrected chi connectivity index (χ0v) is 12.5. The molecule has 3 aromatic rings. The molecule has 116 valence electrons. The number of carbonyl (C=O) groups is 1. The summed E-state index contributed by atoms with van der Waals surface area (Å²) in [4.78, 5) is 15.5. The summed E-state index contributed by atoms with van der Waals surface area (Å²) >= 11 is 0. The summed E-state index contributed by atoms with van der Waals surface area (Å²) in [6.45, 7) is 1.69. The number of aliphatic carboxylic acids is 1. The summed E-state index contributed by atoms with van der Waals surface area (Å²) in [6.07, 6.45) is 1.59. The zero-order valence-electron chi connectivity index (χ0n) is 12.5. The SMILES string of the molecule is Cc1cc(-c2cn(-c3ccccc3)c(CC(=O)O)n2)ccc1F. The predicted octanol–water partition coefficient (Wildman–Crippen LogP) is 3.61. The van der Waals surface area contributed by atoms with Crippen molar-refractivity contribution in [2.45, 2.75) is 13.3 Å². The van der Waals surface area contributed by atoms with Gasteiger partial charge in [0.1, 0.15) is 18.1 Å². The first-order chi connectivity index (χ1) is 11.0. The number of nitrogens with zero attached hydrogens (tertiary/aromatic N) is 2. The van der Waals surface area contributed by atoms with Gasteiger partial charge in [-0.05, 0) is 42.8 Å². The molecule has 3 rings (SSSR count). The van der Waals surface area contributed by atoms with Crippen LogP contribution in [0.5, 0.6) is 0 Å². The highest BCUT2D eigenvalue weighted by Crippen LogP contribution is 2.23. The van der Waals surface area contributed by atoms with Crippen molar-refractivity contribution in [1.82, 2.24) is 9.55 Å². The van der Waals surface area contributed by atoms with Crippen LogP contribution in [0.1, 0.15) is 11.4 Å². The maximum Gasteiger partial charge on any atom is 0.311 e. The van der Waals surface area contributed by atoms with Gasteiger partial charge in [-0.2, -0.15) is 0 Å². The van der Waals surface area contributed by atoms with Gasteiger partial charge in [-0.15, -0.1) is 0 Å². The minimum absolute atomic E-state index is 0.185. The number of benzene rings is 2. The van der Waals surface area contributed by atoms with Crippen molar-refractivity contribution in [3.05, 3.63) is 71.9 Å². The van der Waals surface area contributed by atoms with E-state index >= 15 is 0 Å². The van der Waals surface area contributed by atoms with E-state index in [9.17, 15) is 9.18 Å². The molecule has 0 atom stereocenters. The fourth-order valence-electron chi connectivity index (χ4n) is 2.43. The highest BCUT2D eigenvalue weighted by Gasteiger charge is 2.14. The Kier molecular flexibility index (Phi) is 3.93. The van der Waals surface area contributed by atoms with E-state index in [1.807, 2.05) is 30.3 Å². The normalized spacial score (nSPS) is 10.7. The average Bonchev–Trinajstić information content (AvgIpc) is 2.94. The topological polar surface area (TPSA) is 55.1 Å². The van der Waals surface area contributed by atoms with Crippen LogP contribution < -0.4 is 0 Å². The monoisotopic (exact) mass is 310 g/mol.